The lowest BCUT2D eigenvalue weighted by molar-refractivity contribution is -0.167. The van der Waals surface area contributed by atoms with Crippen molar-refractivity contribution in [1.82, 2.24) is 10.2 Å². The van der Waals surface area contributed by atoms with E-state index in [1.54, 1.807) is 17.0 Å². The van der Waals surface area contributed by atoms with Gasteiger partial charge in [0.05, 0.1) is 26.4 Å². The Bertz CT molecular complexity index is 1190. The van der Waals surface area contributed by atoms with Crippen molar-refractivity contribution in [1.29, 1.82) is 0 Å². The zero-order valence-corrected chi connectivity index (χ0v) is 23.1. The molecule has 0 aromatic heterocycles. The van der Waals surface area contributed by atoms with Crippen LogP contribution in [0.25, 0.3) is 11.1 Å². The van der Waals surface area contributed by atoms with Crippen LogP contribution in [0.4, 0.5) is 9.18 Å². The SMILES string of the molecule is CCc1cccc(-c2c(F)cccc2C(O)(CCCNC(=O)OC)C2CN(C(=O)C3CC(N)C(O)C3)CCO2)c1. The van der Waals surface area contributed by atoms with Crippen molar-refractivity contribution in [2.45, 2.75) is 62.9 Å². The fourth-order valence-electron chi connectivity index (χ4n) is 5.86. The number of aliphatic hydroxyl groups excluding tert-OH is 1. The van der Waals surface area contributed by atoms with E-state index in [0.29, 0.717) is 36.9 Å². The molecular weight excluding hydrogens is 517 g/mol. The molecule has 218 valence electrons. The third-order valence-electron chi connectivity index (χ3n) is 8.13. The van der Waals surface area contributed by atoms with Gasteiger partial charge in [-0.3, -0.25) is 4.79 Å². The second kappa shape index (κ2) is 13.1. The molecule has 2 amide bonds. The lowest BCUT2D eigenvalue weighted by Gasteiger charge is -2.43. The number of hydrogen-bond donors (Lipinski definition) is 4. The summed E-state index contributed by atoms with van der Waals surface area (Å²) in [6.45, 7) is 2.86. The second-order valence-corrected chi connectivity index (χ2v) is 10.7. The zero-order chi connectivity index (χ0) is 28.9. The Morgan fingerprint density at radius 1 is 1.25 bits per heavy atom. The van der Waals surface area contributed by atoms with Gasteiger partial charge in [-0.1, -0.05) is 43.3 Å². The van der Waals surface area contributed by atoms with Gasteiger partial charge in [0, 0.05) is 30.6 Å². The molecule has 2 fully saturated rings. The predicted molar refractivity (Wildman–Crippen MR) is 148 cm³/mol. The molecule has 1 aliphatic heterocycles. The number of aliphatic hydroxyl groups is 2. The molecule has 5 N–H and O–H groups in total. The highest BCUT2D eigenvalue weighted by molar-refractivity contribution is 5.79. The van der Waals surface area contributed by atoms with E-state index in [2.05, 4.69) is 10.1 Å². The molecule has 4 rings (SSSR count). The van der Waals surface area contributed by atoms with Crippen molar-refractivity contribution >= 4 is 12.0 Å². The number of ether oxygens (including phenoxy) is 2. The molecule has 2 aromatic carbocycles. The minimum Gasteiger partial charge on any atom is -0.453 e. The van der Waals surface area contributed by atoms with Crippen LogP contribution in [0.1, 0.15) is 43.7 Å². The minimum absolute atomic E-state index is 0.0898. The summed E-state index contributed by atoms with van der Waals surface area (Å²) in [5, 5.41) is 25.1. The minimum atomic E-state index is -1.69. The molecule has 1 aliphatic carbocycles. The highest BCUT2D eigenvalue weighted by atomic mass is 19.1. The molecule has 0 spiro atoms. The number of hydrogen-bond acceptors (Lipinski definition) is 7. The summed E-state index contributed by atoms with van der Waals surface area (Å²) in [6, 6.07) is 11.7. The fourth-order valence-corrected chi connectivity index (χ4v) is 5.86. The Labute approximate surface area is 234 Å². The molecule has 9 nitrogen and oxygen atoms in total. The van der Waals surface area contributed by atoms with Crippen molar-refractivity contribution in [3.05, 3.63) is 59.4 Å². The number of nitrogens with one attached hydrogen (secondary N) is 1. The van der Waals surface area contributed by atoms with Crippen LogP contribution in [0.5, 0.6) is 0 Å². The van der Waals surface area contributed by atoms with Crippen LogP contribution in [0.15, 0.2) is 42.5 Å². The molecule has 0 bridgehead atoms. The fraction of sp³-hybridized carbons (Fsp3) is 0.533. The Hall–Kier alpha value is -3.05. The van der Waals surface area contributed by atoms with Crippen molar-refractivity contribution < 1.29 is 33.7 Å². The number of rotatable bonds is 9. The number of carbonyl (C=O) groups excluding carboxylic acids is 2. The molecule has 40 heavy (non-hydrogen) atoms. The number of benzene rings is 2. The van der Waals surface area contributed by atoms with Crippen LogP contribution in [0.3, 0.4) is 0 Å². The Balaban J connectivity index is 1.68. The highest BCUT2D eigenvalue weighted by Crippen LogP contribution is 2.41. The van der Waals surface area contributed by atoms with Crippen LogP contribution in [-0.2, 0) is 26.3 Å². The number of nitrogens with zero attached hydrogens (tertiary/aromatic N) is 1. The van der Waals surface area contributed by atoms with Gasteiger partial charge in [0.2, 0.25) is 5.91 Å². The number of aryl methyl sites for hydroxylation is 1. The highest BCUT2D eigenvalue weighted by Gasteiger charge is 2.46. The number of alkyl carbamates (subject to hydrolysis) is 1. The van der Waals surface area contributed by atoms with E-state index in [-0.39, 0.29) is 37.6 Å². The maximum atomic E-state index is 15.6. The third kappa shape index (κ3) is 6.46. The normalized spacial score (nSPS) is 24.4. The van der Waals surface area contributed by atoms with E-state index in [4.69, 9.17) is 10.5 Å². The summed E-state index contributed by atoms with van der Waals surface area (Å²) in [5.41, 5.74) is 6.56. The average molecular weight is 558 g/mol. The smallest absolute Gasteiger partial charge is 0.406 e. The molecule has 5 unspecified atom stereocenters. The number of nitrogens with two attached hydrogens (primary N) is 1. The first-order chi connectivity index (χ1) is 19.2. The van der Waals surface area contributed by atoms with Gasteiger partial charge < -0.3 is 35.6 Å². The van der Waals surface area contributed by atoms with E-state index in [0.717, 1.165) is 12.0 Å². The Kier molecular flexibility index (Phi) is 9.78. The van der Waals surface area contributed by atoms with Gasteiger partial charge in [-0.25, -0.2) is 9.18 Å². The van der Waals surface area contributed by atoms with Crippen molar-refractivity contribution in [3.63, 3.8) is 0 Å². The number of morpholine rings is 1. The molecule has 2 aliphatic rings. The van der Waals surface area contributed by atoms with Gasteiger partial charge in [0.15, 0.2) is 0 Å². The van der Waals surface area contributed by atoms with E-state index in [9.17, 15) is 19.8 Å². The number of methoxy groups -OCH3 is 1. The van der Waals surface area contributed by atoms with Gasteiger partial charge in [-0.2, -0.15) is 0 Å². The summed E-state index contributed by atoms with van der Waals surface area (Å²) in [6.07, 6.45) is -0.246. The van der Waals surface area contributed by atoms with Crippen LogP contribution < -0.4 is 11.1 Å². The standard InChI is InChI=1S/C30H40FN3O6/c1-3-19-7-4-8-20(15-19)27-22(9-5-10-23(27)31)30(38,11-6-12-33-29(37)39-2)26-18-34(13-14-40-26)28(36)21-16-24(32)25(35)17-21/h4-5,7-10,15,21,24-26,35,38H,3,6,11-14,16-18,32H2,1-2H3,(H,33,37). The zero-order valence-electron chi connectivity index (χ0n) is 23.1. The summed E-state index contributed by atoms with van der Waals surface area (Å²) in [7, 11) is 1.27. The summed E-state index contributed by atoms with van der Waals surface area (Å²) in [4.78, 5) is 26.6. The van der Waals surface area contributed by atoms with Crippen LogP contribution in [0, 0.1) is 11.7 Å². The summed E-state index contributed by atoms with van der Waals surface area (Å²) in [5.74, 6) is -1.01. The summed E-state index contributed by atoms with van der Waals surface area (Å²) < 4.78 is 26.3. The maximum Gasteiger partial charge on any atom is 0.406 e. The lowest BCUT2D eigenvalue weighted by atomic mass is 9.78. The van der Waals surface area contributed by atoms with Gasteiger partial charge in [-0.15, -0.1) is 0 Å². The first-order valence-corrected chi connectivity index (χ1v) is 13.9. The van der Waals surface area contributed by atoms with E-state index in [1.165, 1.54) is 13.2 Å². The quantitative estimate of drug-likeness (QED) is 0.348. The van der Waals surface area contributed by atoms with Crippen LogP contribution >= 0.6 is 0 Å². The monoisotopic (exact) mass is 557 g/mol. The Morgan fingerprint density at radius 3 is 2.73 bits per heavy atom. The third-order valence-corrected chi connectivity index (χ3v) is 8.13. The number of amides is 2. The molecule has 0 radical (unpaired) electrons. The number of halogens is 1. The van der Waals surface area contributed by atoms with Crippen molar-refractivity contribution in [3.8, 4) is 11.1 Å². The average Bonchev–Trinajstić information content (AvgIpc) is 3.32. The largest absolute Gasteiger partial charge is 0.453 e. The first kappa shape index (κ1) is 29.9. The van der Waals surface area contributed by atoms with Crippen molar-refractivity contribution in [2.24, 2.45) is 11.7 Å². The number of carbonyl (C=O) groups is 2. The van der Waals surface area contributed by atoms with Gasteiger partial charge >= 0.3 is 6.09 Å². The topological polar surface area (TPSA) is 134 Å². The maximum absolute atomic E-state index is 15.6. The van der Waals surface area contributed by atoms with E-state index >= 15 is 4.39 Å². The van der Waals surface area contributed by atoms with Gasteiger partial charge in [-0.05, 0) is 54.9 Å². The molecule has 10 heteroatoms. The van der Waals surface area contributed by atoms with Gasteiger partial charge in [0.25, 0.3) is 0 Å². The van der Waals surface area contributed by atoms with E-state index in [1.807, 2.05) is 31.2 Å². The van der Waals surface area contributed by atoms with Gasteiger partial charge in [0.1, 0.15) is 17.5 Å². The Morgan fingerprint density at radius 2 is 2.02 bits per heavy atom. The van der Waals surface area contributed by atoms with Crippen molar-refractivity contribution in [2.75, 3.05) is 33.4 Å². The molecule has 2 aromatic rings. The van der Waals surface area contributed by atoms with Crippen LogP contribution in [-0.4, -0.2) is 78.7 Å². The van der Waals surface area contributed by atoms with E-state index < -0.39 is 41.7 Å². The van der Waals surface area contributed by atoms with Crippen LogP contribution in [0.2, 0.25) is 0 Å². The predicted octanol–water partition coefficient (Wildman–Crippen LogP) is 2.70. The molecule has 5 atom stereocenters. The second-order valence-electron chi connectivity index (χ2n) is 10.7. The summed E-state index contributed by atoms with van der Waals surface area (Å²) >= 11 is 0. The first-order valence-electron chi connectivity index (χ1n) is 13.9. The molecule has 1 heterocycles. The molecule has 1 saturated heterocycles. The molecular formula is C30H40FN3O6. The lowest BCUT2D eigenvalue weighted by Crippen LogP contribution is -2.55. The molecule has 1 saturated carbocycles.